The van der Waals surface area contributed by atoms with E-state index in [4.69, 9.17) is 0 Å². The van der Waals surface area contributed by atoms with Gasteiger partial charge in [-0.2, -0.15) is 9.13 Å². The zero-order valence-electron chi connectivity index (χ0n) is 17.0. The largest absolute Gasteiger partial charge is 0.277 e. The Bertz CT molecular complexity index is 1140. The summed E-state index contributed by atoms with van der Waals surface area (Å²) in [7, 11) is 4.28. The van der Waals surface area contributed by atoms with E-state index in [0.717, 1.165) is 0 Å². The lowest BCUT2D eigenvalue weighted by molar-refractivity contribution is -0.685. The fourth-order valence-electron chi connectivity index (χ4n) is 3.90. The Balaban J connectivity index is 1.86. The standard InChI is InChI=1S/C26H26N2/c1-19-11-8-9-14-22(19)24-15-10-16-25(28(24)4)26-17-20(2)23(18-27(26)3)21-12-6-5-7-13-21/h5-18H,1-4H3/q+2. The van der Waals surface area contributed by atoms with Gasteiger partial charge in [-0.3, -0.25) is 0 Å². The third-order valence-electron chi connectivity index (χ3n) is 5.48. The second kappa shape index (κ2) is 7.40. The van der Waals surface area contributed by atoms with Crippen molar-refractivity contribution < 1.29 is 9.13 Å². The molecular weight excluding hydrogens is 340 g/mol. The van der Waals surface area contributed by atoms with E-state index >= 15 is 0 Å². The van der Waals surface area contributed by atoms with Crippen LogP contribution >= 0.6 is 0 Å². The average molecular weight is 367 g/mol. The summed E-state index contributed by atoms with van der Waals surface area (Å²) in [6, 6.07) is 28.0. The van der Waals surface area contributed by atoms with Gasteiger partial charge in [-0.25, -0.2) is 0 Å². The second-order valence-electron chi connectivity index (χ2n) is 7.40. The SMILES string of the molecule is Cc1cc(-c2cccc(-c3ccccc3C)[n+]2C)[n+](C)cc1-c1ccccc1. The van der Waals surface area contributed by atoms with E-state index in [1.54, 1.807) is 0 Å². The summed E-state index contributed by atoms with van der Waals surface area (Å²) in [4.78, 5) is 0. The molecule has 0 amide bonds. The Hall–Kier alpha value is -3.26. The van der Waals surface area contributed by atoms with Crippen LogP contribution in [0, 0.1) is 13.8 Å². The van der Waals surface area contributed by atoms with Crippen molar-refractivity contribution in [2.24, 2.45) is 14.1 Å². The number of aryl methyl sites for hydroxylation is 3. The van der Waals surface area contributed by atoms with Crippen LogP contribution < -0.4 is 9.13 Å². The Morgan fingerprint density at radius 2 is 1.25 bits per heavy atom. The van der Waals surface area contributed by atoms with Crippen LogP contribution in [0.5, 0.6) is 0 Å². The molecule has 2 aromatic heterocycles. The molecule has 4 aromatic rings. The molecule has 28 heavy (non-hydrogen) atoms. The van der Waals surface area contributed by atoms with E-state index in [1.165, 1.54) is 44.9 Å². The number of pyridine rings is 2. The molecule has 0 aliphatic heterocycles. The van der Waals surface area contributed by atoms with Crippen molar-refractivity contribution >= 4 is 0 Å². The summed E-state index contributed by atoms with van der Waals surface area (Å²) in [6.45, 7) is 4.36. The van der Waals surface area contributed by atoms with Gasteiger partial charge in [0, 0.05) is 29.3 Å². The highest BCUT2D eigenvalue weighted by Crippen LogP contribution is 2.26. The minimum Gasteiger partial charge on any atom is -0.195 e. The van der Waals surface area contributed by atoms with E-state index in [1.807, 2.05) is 0 Å². The molecule has 4 rings (SSSR count). The zero-order valence-corrected chi connectivity index (χ0v) is 17.0. The van der Waals surface area contributed by atoms with Gasteiger partial charge in [0.2, 0.25) is 5.69 Å². The van der Waals surface area contributed by atoms with Gasteiger partial charge in [0.15, 0.2) is 6.20 Å². The predicted molar refractivity (Wildman–Crippen MR) is 115 cm³/mol. The molecule has 0 aliphatic rings. The molecule has 0 N–H and O–H groups in total. The summed E-state index contributed by atoms with van der Waals surface area (Å²) in [5, 5.41) is 0. The maximum Gasteiger partial charge on any atom is 0.277 e. The van der Waals surface area contributed by atoms with Crippen molar-refractivity contribution in [2.75, 3.05) is 0 Å². The van der Waals surface area contributed by atoms with Gasteiger partial charge in [0.1, 0.15) is 14.1 Å². The minimum absolute atomic E-state index is 1.20. The Kier molecular flexibility index (Phi) is 4.79. The van der Waals surface area contributed by atoms with Crippen LogP contribution in [0.1, 0.15) is 11.1 Å². The van der Waals surface area contributed by atoms with Gasteiger partial charge in [0.25, 0.3) is 11.4 Å². The topological polar surface area (TPSA) is 7.76 Å². The summed E-state index contributed by atoms with van der Waals surface area (Å²) in [5.74, 6) is 0. The highest BCUT2D eigenvalue weighted by atomic mass is 15.0. The number of hydrogen-bond acceptors (Lipinski definition) is 0. The van der Waals surface area contributed by atoms with Crippen LogP contribution in [-0.2, 0) is 14.1 Å². The first-order valence-corrected chi connectivity index (χ1v) is 9.67. The molecule has 2 heteroatoms. The van der Waals surface area contributed by atoms with Gasteiger partial charge in [-0.1, -0.05) is 48.5 Å². The monoisotopic (exact) mass is 366 g/mol. The Labute approximate surface area is 167 Å². The van der Waals surface area contributed by atoms with Crippen LogP contribution in [0.15, 0.2) is 85.1 Å². The molecule has 2 aromatic carbocycles. The zero-order chi connectivity index (χ0) is 19.7. The molecule has 0 saturated carbocycles. The third kappa shape index (κ3) is 3.22. The molecule has 0 saturated heterocycles. The first-order valence-electron chi connectivity index (χ1n) is 9.67. The summed E-state index contributed by atoms with van der Waals surface area (Å²) >= 11 is 0. The number of hydrogen-bond donors (Lipinski definition) is 0. The maximum atomic E-state index is 2.29. The lowest BCUT2D eigenvalue weighted by Crippen LogP contribution is -2.40. The lowest BCUT2D eigenvalue weighted by Gasteiger charge is -2.09. The fraction of sp³-hybridized carbons (Fsp3) is 0.154. The molecule has 0 fully saturated rings. The van der Waals surface area contributed by atoms with Gasteiger partial charge >= 0.3 is 0 Å². The molecule has 0 atom stereocenters. The average Bonchev–Trinajstić information content (AvgIpc) is 2.71. The van der Waals surface area contributed by atoms with E-state index in [0.29, 0.717) is 0 Å². The van der Waals surface area contributed by atoms with Gasteiger partial charge in [-0.05, 0) is 42.7 Å². The number of rotatable bonds is 3. The first kappa shape index (κ1) is 18.1. The van der Waals surface area contributed by atoms with E-state index in [9.17, 15) is 0 Å². The number of nitrogens with zero attached hydrogens (tertiary/aromatic N) is 2. The molecule has 0 spiro atoms. The van der Waals surface area contributed by atoms with Crippen molar-refractivity contribution in [3.8, 4) is 33.8 Å². The summed E-state index contributed by atoms with van der Waals surface area (Å²) < 4.78 is 4.52. The normalized spacial score (nSPS) is 10.9. The molecule has 0 unspecified atom stereocenters. The number of aromatic nitrogens is 2. The second-order valence-corrected chi connectivity index (χ2v) is 7.40. The van der Waals surface area contributed by atoms with Gasteiger partial charge in [0.05, 0.1) is 0 Å². The Morgan fingerprint density at radius 3 is 2.00 bits per heavy atom. The molecule has 0 bridgehead atoms. The fourth-order valence-corrected chi connectivity index (χ4v) is 3.90. The third-order valence-corrected chi connectivity index (χ3v) is 5.48. The minimum atomic E-state index is 1.20. The molecule has 138 valence electrons. The molecular formula is C26H26N2+2. The van der Waals surface area contributed by atoms with Gasteiger partial charge in [-0.15, -0.1) is 0 Å². The summed E-state index contributed by atoms with van der Waals surface area (Å²) in [6.07, 6.45) is 2.24. The number of benzene rings is 2. The van der Waals surface area contributed by atoms with Crippen LogP contribution in [0.2, 0.25) is 0 Å². The van der Waals surface area contributed by atoms with Gasteiger partial charge < -0.3 is 0 Å². The highest BCUT2D eigenvalue weighted by Gasteiger charge is 2.24. The maximum absolute atomic E-state index is 2.29. The summed E-state index contributed by atoms with van der Waals surface area (Å²) in [5.41, 5.74) is 9.98. The molecule has 0 aliphatic carbocycles. The highest BCUT2D eigenvalue weighted by molar-refractivity contribution is 5.68. The van der Waals surface area contributed by atoms with Crippen molar-refractivity contribution in [3.05, 3.63) is 96.2 Å². The van der Waals surface area contributed by atoms with Crippen molar-refractivity contribution in [1.29, 1.82) is 0 Å². The quantitative estimate of drug-likeness (QED) is 0.453. The lowest BCUT2D eigenvalue weighted by atomic mass is 10.0. The van der Waals surface area contributed by atoms with Crippen LogP contribution in [0.4, 0.5) is 0 Å². The Morgan fingerprint density at radius 1 is 0.571 bits per heavy atom. The van der Waals surface area contributed by atoms with Crippen LogP contribution in [0.25, 0.3) is 33.8 Å². The molecule has 2 heterocycles. The predicted octanol–water partition coefficient (Wildman–Crippen LogP) is 4.95. The van der Waals surface area contributed by atoms with Crippen LogP contribution in [-0.4, -0.2) is 0 Å². The molecule has 0 radical (unpaired) electrons. The molecule has 2 nitrogen and oxygen atoms in total. The first-order chi connectivity index (χ1) is 13.6. The van der Waals surface area contributed by atoms with Crippen molar-refractivity contribution in [3.63, 3.8) is 0 Å². The van der Waals surface area contributed by atoms with E-state index in [-0.39, 0.29) is 0 Å². The van der Waals surface area contributed by atoms with Crippen LogP contribution in [0.3, 0.4) is 0 Å². The smallest absolute Gasteiger partial charge is 0.195 e. The van der Waals surface area contributed by atoms with E-state index < -0.39 is 0 Å². The van der Waals surface area contributed by atoms with Crippen molar-refractivity contribution in [2.45, 2.75) is 13.8 Å². The van der Waals surface area contributed by atoms with Crippen molar-refractivity contribution in [1.82, 2.24) is 0 Å². The van der Waals surface area contributed by atoms with E-state index in [2.05, 4.69) is 122 Å².